The fraction of sp³-hybridized carbons (Fsp3) is 0.667. The predicted molar refractivity (Wildman–Crippen MR) is 121 cm³/mol. The molecule has 1 aromatic carbocycles. The van der Waals surface area contributed by atoms with Crippen molar-refractivity contribution < 1.29 is 23.4 Å². The number of ether oxygens (including phenoxy) is 3. The first-order valence-corrected chi connectivity index (χ1v) is 13.9. The predicted octanol–water partition coefficient (Wildman–Crippen LogP) is 5.07. The van der Waals surface area contributed by atoms with Crippen molar-refractivity contribution in [3.63, 3.8) is 0 Å². The molecule has 0 aromatic heterocycles. The first-order chi connectivity index (χ1) is 12.9. The summed E-state index contributed by atoms with van der Waals surface area (Å²) in [4.78, 5) is 11.5. The fourth-order valence-corrected chi connectivity index (χ4v) is 5.33. The van der Waals surface area contributed by atoms with Crippen molar-refractivity contribution in [3.8, 4) is 0 Å². The minimum Gasteiger partial charge on any atom is -0.435 e. The highest BCUT2D eigenvalue weighted by atomic mass is 127. The van der Waals surface area contributed by atoms with Crippen LogP contribution in [-0.2, 0) is 30.0 Å². The molecule has 2 rings (SSSR count). The van der Waals surface area contributed by atoms with E-state index < -0.39 is 14.6 Å². The lowest BCUT2D eigenvalue weighted by molar-refractivity contribution is -0.241. The van der Waals surface area contributed by atoms with Crippen LogP contribution in [0.4, 0.5) is 0 Å². The molecule has 1 aliphatic rings. The first kappa shape index (κ1) is 23.8. The van der Waals surface area contributed by atoms with Crippen molar-refractivity contribution in [3.05, 3.63) is 35.9 Å². The number of hydrogen-bond donors (Lipinski definition) is 0. The molecule has 0 amide bonds. The number of carbonyl (C=O) groups excluding carboxylic acids is 1. The van der Waals surface area contributed by atoms with Crippen molar-refractivity contribution in [1.82, 2.24) is 0 Å². The highest BCUT2D eigenvalue weighted by molar-refractivity contribution is 14.1. The molecule has 1 fully saturated rings. The van der Waals surface area contributed by atoms with Gasteiger partial charge in [-0.1, -0.05) is 73.7 Å². The van der Waals surface area contributed by atoms with E-state index in [0.29, 0.717) is 6.61 Å². The maximum absolute atomic E-state index is 11.5. The number of carbonyl (C=O) groups is 1. The molecule has 5 atom stereocenters. The second kappa shape index (κ2) is 9.55. The van der Waals surface area contributed by atoms with E-state index in [1.807, 2.05) is 37.3 Å². The number of rotatable bonds is 6. The van der Waals surface area contributed by atoms with Crippen LogP contribution in [0.5, 0.6) is 0 Å². The number of halogens is 1. The number of hydrogen-bond acceptors (Lipinski definition) is 5. The topological polar surface area (TPSA) is 54.0 Å². The average Bonchev–Trinajstić information content (AvgIpc) is 2.58. The molecular formula is C21H33IO5Si. The van der Waals surface area contributed by atoms with Crippen LogP contribution in [0.25, 0.3) is 0 Å². The Bertz CT molecular complexity index is 646. The minimum absolute atomic E-state index is 0.0613. The zero-order chi connectivity index (χ0) is 21.1. The van der Waals surface area contributed by atoms with Gasteiger partial charge in [0.25, 0.3) is 0 Å². The summed E-state index contributed by atoms with van der Waals surface area (Å²) in [5.41, 5.74) is 1.10. The van der Waals surface area contributed by atoms with E-state index in [2.05, 4.69) is 56.5 Å². The molecule has 1 aliphatic heterocycles. The lowest BCUT2D eigenvalue weighted by atomic mass is 10.0. The maximum atomic E-state index is 11.5. The first-order valence-electron chi connectivity index (χ1n) is 9.72. The molecule has 158 valence electrons. The Morgan fingerprint density at radius 1 is 1.18 bits per heavy atom. The van der Waals surface area contributed by atoms with E-state index >= 15 is 0 Å². The van der Waals surface area contributed by atoms with Crippen LogP contribution >= 0.6 is 22.6 Å². The van der Waals surface area contributed by atoms with Crippen molar-refractivity contribution in [1.29, 1.82) is 0 Å². The summed E-state index contributed by atoms with van der Waals surface area (Å²) in [7, 11) is -2.06. The minimum atomic E-state index is -2.06. The Morgan fingerprint density at radius 3 is 2.32 bits per heavy atom. The van der Waals surface area contributed by atoms with E-state index in [0.717, 1.165) is 5.56 Å². The van der Waals surface area contributed by atoms with Crippen molar-refractivity contribution in [2.24, 2.45) is 0 Å². The van der Waals surface area contributed by atoms with Crippen LogP contribution in [0.1, 0.15) is 40.2 Å². The van der Waals surface area contributed by atoms with Gasteiger partial charge < -0.3 is 18.6 Å². The lowest BCUT2D eigenvalue weighted by Crippen LogP contribution is -2.60. The van der Waals surface area contributed by atoms with Gasteiger partial charge in [0.05, 0.1) is 18.8 Å². The van der Waals surface area contributed by atoms with Crippen molar-refractivity contribution in [2.45, 2.75) is 87.9 Å². The second-order valence-electron chi connectivity index (χ2n) is 8.87. The monoisotopic (exact) mass is 520 g/mol. The Labute approximate surface area is 183 Å². The smallest absolute Gasteiger partial charge is 0.304 e. The second-order valence-corrected chi connectivity index (χ2v) is 15.1. The molecule has 7 heteroatoms. The van der Waals surface area contributed by atoms with Crippen LogP contribution < -0.4 is 0 Å². The summed E-state index contributed by atoms with van der Waals surface area (Å²) in [5.74, 6) is -0.353. The molecule has 5 nitrogen and oxygen atoms in total. The highest BCUT2D eigenvalue weighted by Gasteiger charge is 2.50. The van der Waals surface area contributed by atoms with Gasteiger partial charge in [-0.15, -0.1) is 0 Å². The van der Waals surface area contributed by atoms with Gasteiger partial charge in [0, 0.05) is 6.92 Å². The number of alkyl halides is 1. The van der Waals surface area contributed by atoms with Gasteiger partial charge >= 0.3 is 5.97 Å². The Balaban J connectivity index is 2.24. The van der Waals surface area contributed by atoms with Crippen LogP contribution in [-0.4, -0.2) is 42.8 Å². The zero-order valence-electron chi connectivity index (χ0n) is 17.9. The molecular weight excluding hydrogens is 487 g/mol. The van der Waals surface area contributed by atoms with Crippen molar-refractivity contribution >= 4 is 36.9 Å². The van der Waals surface area contributed by atoms with Gasteiger partial charge in [0.1, 0.15) is 10.0 Å². The van der Waals surface area contributed by atoms with Crippen LogP contribution in [0.3, 0.4) is 0 Å². The third-order valence-corrected chi connectivity index (χ3v) is 11.3. The summed E-state index contributed by atoms with van der Waals surface area (Å²) in [6.07, 6.45) is -1.37. The molecule has 0 bridgehead atoms. The van der Waals surface area contributed by atoms with Gasteiger partial charge in [0.2, 0.25) is 6.29 Å². The third kappa shape index (κ3) is 6.01. The molecule has 0 N–H and O–H groups in total. The average molecular weight is 520 g/mol. The summed E-state index contributed by atoms with van der Waals surface area (Å²) < 4.78 is 24.3. The van der Waals surface area contributed by atoms with Crippen LogP contribution in [0.15, 0.2) is 30.3 Å². The van der Waals surface area contributed by atoms with Gasteiger partial charge in [-0.05, 0) is 30.6 Å². The molecule has 28 heavy (non-hydrogen) atoms. The Morgan fingerprint density at radius 2 is 1.79 bits per heavy atom. The van der Waals surface area contributed by atoms with E-state index in [9.17, 15) is 4.79 Å². The molecule has 1 saturated heterocycles. The molecule has 0 radical (unpaired) electrons. The van der Waals surface area contributed by atoms with E-state index in [1.54, 1.807) is 0 Å². The molecule has 1 aromatic rings. The number of esters is 1. The summed E-state index contributed by atoms with van der Waals surface area (Å²) >= 11 is 2.28. The fourth-order valence-electron chi connectivity index (χ4n) is 2.87. The molecule has 0 spiro atoms. The molecule has 0 aliphatic carbocycles. The van der Waals surface area contributed by atoms with E-state index in [-0.39, 0.29) is 33.2 Å². The lowest BCUT2D eigenvalue weighted by Gasteiger charge is -2.48. The summed E-state index contributed by atoms with van der Waals surface area (Å²) in [5, 5.41) is 0.0613. The summed E-state index contributed by atoms with van der Waals surface area (Å²) in [6, 6.07) is 10.1. The Hall–Kier alpha value is -0.483. The molecule has 0 saturated carbocycles. The Kier molecular flexibility index (Phi) is 8.12. The molecule has 0 unspecified atom stereocenters. The SMILES string of the molecule is CC(=O)O[C@H]1O[C@H](C)[C@@H](OCc2ccccc2)[C@H](O[Si](C)(C)C(C)(C)C)[C@@H]1I. The highest BCUT2D eigenvalue weighted by Crippen LogP contribution is 2.41. The summed E-state index contributed by atoms with van der Waals surface area (Å²) in [6.45, 7) is 14.9. The van der Waals surface area contributed by atoms with Crippen molar-refractivity contribution in [2.75, 3.05) is 0 Å². The van der Waals surface area contributed by atoms with E-state index in [1.165, 1.54) is 6.92 Å². The maximum Gasteiger partial charge on any atom is 0.304 e. The standard InChI is InChI=1S/C21H33IO5Si/c1-14-18(24-13-16-11-9-8-10-12-16)19(27-28(6,7)21(3,4)5)17(22)20(25-14)26-15(2)23/h8-12,14,17-20H,13H2,1-7H3/t14-,17+,18-,19-,20-/m1/s1. The van der Waals surface area contributed by atoms with Gasteiger partial charge in [0.15, 0.2) is 8.32 Å². The van der Waals surface area contributed by atoms with Gasteiger partial charge in [-0.25, -0.2) is 0 Å². The van der Waals surface area contributed by atoms with Crippen LogP contribution in [0.2, 0.25) is 18.1 Å². The number of benzene rings is 1. The van der Waals surface area contributed by atoms with Gasteiger partial charge in [-0.3, -0.25) is 4.79 Å². The zero-order valence-corrected chi connectivity index (χ0v) is 21.1. The third-order valence-electron chi connectivity index (χ3n) is 5.51. The van der Waals surface area contributed by atoms with Gasteiger partial charge in [-0.2, -0.15) is 0 Å². The van der Waals surface area contributed by atoms with E-state index in [4.69, 9.17) is 18.6 Å². The molecule has 1 heterocycles. The van der Waals surface area contributed by atoms with Crippen LogP contribution in [0, 0.1) is 0 Å². The largest absolute Gasteiger partial charge is 0.435 e. The quantitative estimate of drug-likeness (QED) is 0.227. The normalized spacial score (nSPS) is 28.8.